The van der Waals surface area contributed by atoms with E-state index in [2.05, 4.69) is 26.0 Å². The van der Waals surface area contributed by atoms with Crippen LogP contribution in [0.15, 0.2) is 12.1 Å². The number of aryl methyl sites for hydroxylation is 1. The molecule has 2 aliphatic rings. The molecule has 0 spiro atoms. The molecule has 3 rings (SSSR count). The lowest BCUT2D eigenvalue weighted by Gasteiger charge is -2.21. The van der Waals surface area contributed by atoms with Crippen LogP contribution >= 0.6 is 0 Å². The summed E-state index contributed by atoms with van der Waals surface area (Å²) in [5.41, 5.74) is 4.33. The van der Waals surface area contributed by atoms with Crippen LogP contribution in [0.25, 0.3) is 0 Å². The standard InChI is InChI=1S/C16H22O/c1-16(2)8-7-12-9-13(11-5-3-4-6-11)15(17)10-14(12)16/h9-11,17H,3-8H2,1-2H3. The van der Waals surface area contributed by atoms with Crippen molar-refractivity contribution in [2.75, 3.05) is 0 Å². The Bertz CT molecular complexity index is 439. The van der Waals surface area contributed by atoms with Crippen molar-refractivity contribution in [3.05, 3.63) is 28.8 Å². The van der Waals surface area contributed by atoms with Gasteiger partial charge in [0.2, 0.25) is 0 Å². The minimum Gasteiger partial charge on any atom is -0.508 e. The van der Waals surface area contributed by atoms with Gasteiger partial charge in [-0.25, -0.2) is 0 Å². The predicted octanol–water partition coefficient (Wildman–Crippen LogP) is 4.27. The third-order valence-electron chi connectivity index (χ3n) is 4.80. The van der Waals surface area contributed by atoms with Crippen molar-refractivity contribution >= 4 is 0 Å². The van der Waals surface area contributed by atoms with E-state index in [1.54, 1.807) is 0 Å². The van der Waals surface area contributed by atoms with Crippen LogP contribution in [0.2, 0.25) is 0 Å². The maximum absolute atomic E-state index is 10.3. The lowest BCUT2D eigenvalue weighted by molar-refractivity contribution is 0.456. The number of phenols is 1. The highest BCUT2D eigenvalue weighted by atomic mass is 16.3. The molecule has 0 unspecified atom stereocenters. The predicted molar refractivity (Wildman–Crippen MR) is 70.7 cm³/mol. The summed E-state index contributed by atoms with van der Waals surface area (Å²) in [6.45, 7) is 4.57. The number of benzene rings is 1. The molecule has 0 aliphatic heterocycles. The summed E-state index contributed by atoms with van der Waals surface area (Å²) in [6, 6.07) is 4.35. The zero-order valence-corrected chi connectivity index (χ0v) is 10.9. The van der Waals surface area contributed by atoms with Crippen LogP contribution in [0.3, 0.4) is 0 Å². The molecule has 92 valence electrons. The molecule has 0 bridgehead atoms. The summed E-state index contributed by atoms with van der Waals surface area (Å²) in [5.74, 6) is 1.16. The molecular weight excluding hydrogens is 208 g/mol. The molecule has 1 heteroatoms. The van der Waals surface area contributed by atoms with Crippen LogP contribution in [0.4, 0.5) is 0 Å². The minimum atomic E-state index is 0.251. The molecule has 0 radical (unpaired) electrons. The Morgan fingerprint density at radius 1 is 1.18 bits per heavy atom. The summed E-state index contributed by atoms with van der Waals surface area (Å²) >= 11 is 0. The number of aromatic hydroxyl groups is 1. The lowest BCUT2D eigenvalue weighted by Crippen LogP contribution is -2.11. The quantitative estimate of drug-likeness (QED) is 0.763. The van der Waals surface area contributed by atoms with Crippen LogP contribution in [-0.4, -0.2) is 5.11 Å². The first-order chi connectivity index (χ1) is 8.08. The highest BCUT2D eigenvalue weighted by molar-refractivity contribution is 5.49. The Morgan fingerprint density at radius 2 is 1.88 bits per heavy atom. The normalized spacial score (nSPS) is 22.9. The van der Waals surface area contributed by atoms with Gasteiger partial charge in [0.1, 0.15) is 5.75 Å². The monoisotopic (exact) mass is 230 g/mol. The molecule has 0 amide bonds. The number of fused-ring (bicyclic) bond motifs is 1. The fraction of sp³-hybridized carbons (Fsp3) is 0.625. The number of hydrogen-bond donors (Lipinski definition) is 1. The topological polar surface area (TPSA) is 20.2 Å². The molecule has 1 nitrogen and oxygen atoms in total. The lowest BCUT2D eigenvalue weighted by atomic mass is 9.85. The maximum atomic E-state index is 10.3. The molecular formula is C16H22O. The van der Waals surface area contributed by atoms with Gasteiger partial charge in [-0.05, 0) is 59.8 Å². The fourth-order valence-electron chi connectivity index (χ4n) is 3.63. The van der Waals surface area contributed by atoms with E-state index in [9.17, 15) is 5.11 Å². The third-order valence-corrected chi connectivity index (χ3v) is 4.80. The van der Waals surface area contributed by atoms with Gasteiger partial charge in [0.05, 0.1) is 0 Å². The second-order valence-corrected chi connectivity index (χ2v) is 6.43. The van der Waals surface area contributed by atoms with Gasteiger partial charge < -0.3 is 5.11 Å². The smallest absolute Gasteiger partial charge is 0.119 e. The van der Waals surface area contributed by atoms with Gasteiger partial charge >= 0.3 is 0 Å². The average Bonchev–Trinajstić information content (AvgIpc) is 2.88. The van der Waals surface area contributed by atoms with E-state index in [0.717, 1.165) is 0 Å². The van der Waals surface area contributed by atoms with E-state index in [4.69, 9.17) is 0 Å². The molecule has 0 saturated heterocycles. The Balaban J connectivity index is 2.03. The summed E-state index contributed by atoms with van der Waals surface area (Å²) in [5, 5.41) is 10.3. The van der Waals surface area contributed by atoms with Crippen LogP contribution < -0.4 is 0 Å². The molecule has 1 N–H and O–H groups in total. The number of hydrogen-bond acceptors (Lipinski definition) is 1. The van der Waals surface area contributed by atoms with Crippen molar-refractivity contribution in [1.82, 2.24) is 0 Å². The van der Waals surface area contributed by atoms with Gasteiger partial charge in [-0.2, -0.15) is 0 Å². The van der Waals surface area contributed by atoms with Crippen LogP contribution in [0.1, 0.15) is 68.6 Å². The SMILES string of the molecule is CC1(C)CCc2cc(C3CCCC3)c(O)cc21. The fourth-order valence-corrected chi connectivity index (χ4v) is 3.63. The summed E-state index contributed by atoms with van der Waals surface area (Å²) in [6.07, 6.45) is 7.57. The molecule has 1 saturated carbocycles. The van der Waals surface area contributed by atoms with Crippen molar-refractivity contribution in [3.63, 3.8) is 0 Å². The van der Waals surface area contributed by atoms with Crippen LogP contribution in [-0.2, 0) is 11.8 Å². The zero-order valence-electron chi connectivity index (χ0n) is 10.9. The Kier molecular flexibility index (Phi) is 2.46. The second kappa shape index (κ2) is 3.76. The molecule has 1 aromatic carbocycles. The van der Waals surface area contributed by atoms with E-state index >= 15 is 0 Å². The number of rotatable bonds is 1. The molecule has 0 heterocycles. The van der Waals surface area contributed by atoms with Gasteiger partial charge in [0.25, 0.3) is 0 Å². The highest BCUT2D eigenvalue weighted by Crippen LogP contribution is 2.45. The molecule has 0 atom stereocenters. The van der Waals surface area contributed by atoms with E-state index in [1.165, 1.54) is 55.2 Å². The highest BCUT2D eigenvalue weighted by Gasteiger charge is 2.32. The van der Waals surface area contributed by atoms with Gasteiger partial charge in [-0.1, -0.05) is 32.8 Å². The maximum Gasteiger partial charge on any atom is 0.119 e. The Labute approximate surface area is 104 Å². The minimum absolute atomic E-state index is 0.251. The summed E-state index contributed by atoms with van der Waals surface area (Å²) < 4.78 is 0. The first-order valence-electron chi connectivity index (χ1n) is 6.94. The van der Waals surface area contributed by atoms with Gasteiger partial charge in [0.15, 0.2) is 0 Å². The first-order valence-corrected chi connectivity index (χ1v) is 6.94. The average molecular weight is 230 g/mol. The molecule has 17 heavy (non-hydrogen) atoms. The van der Waals surface area contributed by atoms with E-state index in [-0.39, 0.29) is 5.41 Å². The molecule has 2 aliphatic carbocycles. The first kappa shape index (κ1) is 11.1. The summed E-state index contributed by atoms with van der Waals surface area (Å²) in [7, 11) is 0. The van der Waals surface area contributed by atoms with Gasteiger partial charge in [-0.3, -0.25) is 0 Å². The largest absolute Gasteiger partial charge is 0.508 e. The van der Waals surface area contributed by atoms with Crippen molar-refractivity contribution < 1.29 is 5.11 Å². The van der Waals surface area contributed by atoms with E-state index < -0.39 is 0 Å². The third kappa shape index (κ3) is 1.76. The van der Waals surface area contributed by atoms with Gasteiger partial charge in [-0.15, -0.1) is 0 Å². The van der Waals surface area contributed by atoms with E-state index in [0.29, 0.717) is 11.7 Å². The Hall–Kier alpha value is -0.980. The van der Waals surface area contributed by atoms with Crippen molar-refractivity contribution in [2.24, 2.45) is 0 Å². The van der Waals surface area contributed by atoms with E-state index in [1.807, 2.05) is 0 Å². The van der Waals surface area contributed by atoms with Crippen molar-refractivity contribution in [3.8, 4) is 5.75 Å². The zero-order chi connectivity index (χ0) is 12.0. The molecule has 1 aromatic rings. The number of phenolic OH excluding ortho intramolecular Hbond substituents is 1. The summed E-state index contributed by atoms with van der Waals surface area (Å²) in [4.78, 5) is 0. The molecule has 0 aromatic heterocycles. The molecule has 1 fully saturated rings. The second-order valence-electron chi connectivity index (χ2n) is 6.43. The Morgan fingerprint density at radius 3 is 2.59 bits per heavy atom. The van der Waals surface area contributed by atoms with Crippen LogP contribution in [0, 0.1) is 0 Å². The van der Waals surface area contributed by atoms with Crippen molar-refractivity contribution in [1.29, 1.82) is 0 Å². The van der Waals surface area contributed by atoms with Gasteiger partial charge in [0, 0.05) is 0 Å². The van der Waals surface area contributed by atoms with Crippen LogP contribution in [0.5, 0.6) is 5.75 Å². The van der Waals surface area contributed by atoms with Crippen molar-refractivity contribution in [2.45, 2.75) is 63.7 Å².